The van der Waals surface area contributed by atoms with Gasteiger partial charge in [-0.15, -0.1) is 0 Å². The number of anilines is 1. The second-order valence-electron chi connectivity index (χ2n) is 7.23. The van der Waals surface area contributed by atoms with Crippen LogP contribution in [0.4, 0.5) is 5.69 Å². The molecule has 0 saturated heterocycles. The van der Waals surface area contributed by atoms with Crippen molar-refractivity contribution in [2.24, 2.45) is 0 Å². The van der Waals surface area contributed by atoms with Gasteiger partial charge >= 0.3 is 0 Å². The first-order valence-electron chi connectivity index (χ1n) is 9.67. The Bertz CT molecular complexity index is 1220. The van der Waals surface area contributed by atoms with E-state index >= 15 is 0 Å². The van der Waals surface area contributed by atoms with E-state index in [4.69, 9.17) is 16.3 Å². The lowest BCUT2D eigenvalue weighted by molar-refractivity contribution is -0.119. The normalized spacial score (nSPS) is 13.9. The number of rotatable bonds is 5. The van der Waals surface area contributed by atoms with Gasteiger partial charge in [0.25, 0.3) is 11.8 Å². The standard InChI is InChI=1S/C25H20ClNO3S/c1-15-7-12-21(16(2)13-15)22-23(31-20-10-8-17(26)9-11-20)25(29)27(24(22)28)18-5-4-6-19(14-18)30-3/h4-14H,1-3H3. The van der Waals surface area contributed by atoms with Gasteiger partial charge in [-0.05, 0) is 61.4 Å². The number of halogens is 1. The van der Waals surface area contributed by atoms with E-state index in [9.17, 15) is 9.59 Å². The molecule has 0 bridgehead atoms. The third kappa shape index (κ3) is 4.11. The molecular formula is C25H20ClNO3S. The summed E-state index contributed by atoms with van der Waals surface area (Å²) in [6.07, 6.45) is 0. The van der Waals surface area contributed by atoms with Crippen LogP contribution in [-0.2, 0) is 9.59 Å². The SMILES string of the molecule is COc1cccc(N2C(=O)C(Sc3ccc(Cl)cc3)=C(c3ccc(C)cc3C)C2=O)c1. The summed E-state index contributed by atoms with van der Waals surface area (Å²) in [5.74, 6) is -0.125. The highest BCUT2D eigenvalue weighted by Gasteiger charge is 2.41. The first-order chi connectivity index (χ1) is 14.9. The van der Waals surface area contributed by atoms with E-state index in [0.717, 1.165) is 21.6 Å². The van der Waals surface area contributed by atoms with Crippen molar-refractivity contribution in [2.75, 3.05) is 12.0 Å². The Balaban J connectivity index is 1.85. The first kappa shape index (κ1) is 21.2. The number of imide groups is 1. The number of thioether (sulfide) groups is 1. The summed E-state index contributed by atoms with van der Waals surface area (Å²) in [4.78, 5) is 29.5. The Morgan fingerprint density at radius 1 is 0.903 bits per heavy atom. The molecule has 3 aromatic carbocycles. The van der Waals surface area contributed by atoms with Gasteiger partial charge in [-0.25, -0.2) is 4.90 Å². The van der Waals surface area contributed by atoms with E-state index in [1.54, 1.807) is 43.5 Å². The quantitative estimate of drug-likeness (QED) is 0.445. The topological polar surface area (TPSA) is 46.6 Å². The third-order valence-electron chi connectivity index (χ3n) is 5.04. The van der Waals surface area contributed by atoms with Crippen LogP contribution in [-0.4, -0.2) is 18.9 Å². The number of carbonyl (C=O) groups is 2. The average molecular weight is 450 g/mol. The maximum absolute atomic E-state index is 13.6. The van der Waals surface area contributed by atoms with Crippen molar-refractivity contribution >= 4 is 46.4 Å². The van der Waals surface area contributed by atoms with Crippen LogP contribution in [0.25, 0.3) is 5.57 Å². The molecular weight excluding hydrogens is 430 g/mol. The maximum atomic E-state index is 13.6. The monoisotopic (exact) mass is 449 g/mol. The van der Waals surface area contributed by atoms with Gasteiger partial charge in [0.2, 0.25) is 0 Å². The number of methoxy groups -OCH3 is 1. The molecule has 4 rings (SSSR count). The fourth-order valence-corrected chi connectivity index (χ4v) is 4.65. The van der Waals surface area contributed by atoms with Crippen molar-refractivity contribution in [1.29, 1.82) is 0 Å². The largest absolute Gasteiger partial charge is 0.497 e. The smallest absolute Gasteiger partial charge is 0.272 e. The van der Waals surface area contributed by atoms with Gasteiger partial charge in [0.05, 0.1) is 23.3 Å². The number of benzene rings is 3. The number of nitrogens with zero attached hydrogens (tertiary/aromatic N) is 1. The predicted molar refractivity (Wildman–Crippen MR) is 126 cm³/mol. The molecule has 1 aliphatic rings. The van der Waals surface area contributed by atoms with Crippen LogP contribution < -0.4 is 9.64 Å². The number of aryl methyl sites for hydroxylation is 2. The predicted octanol–water partition coefficient (Wildman–Crippen LogP) is 6.04. The van der Waals surface area contributed by atoms with Crippen molar-refractivity contribution in [3.05, 3.63) is 93.3 Å². The Labute approximate surface area is 190 Å². The Kier molecular flexibility index (Phi) is 5.90. The Morgan fingerprint density at radius 2 is 1.65 bits per heavy atom. The zero-order valence-electron chi connectivity index (χ0n) is 17.3. The van der Waals surface area contributed by atoms with Gasteiger partial charge in [-0.1, -0.05) is 53.2 Å². The van der Waals surface area contributed by atoms with E-state index < -0.39 is 0 Å². The minimum Gasteiger partial charge on any atom is -0.497 e. The van der Waals surface area contributed by atoms with Crippen molar-refractivity contribution in [3.8, 4) is 5.75 Å². The average Bonchev–Trinajstić information content (AvgIpc) is 2.99. The zero-order valence-corrected chi connectivity index (χ0v) is 18.9. The van der Waals surface area contributed by atoms with Crippen LogP contribution in [0.3, 0.4) is 0 Å². The molecule has 0 aliphatic carbocycles. The minimum atomic E-state index is -0.354. The van der Waals surface area contributed by atoms with E-state index in [1.807, 2.05) is 44.2 Å². The van der Waals surface area contributed by atoms with Crippen LogP contribution in [0.5, 0.6) is 5.75 Å². The van der Waals surface area contributed by atoms with Gasteiger partial charge < -0.3 is 4.74 Å². The highest BCUT2D eigenvalue weighted by molar-refractivity contribution is 8.04. The molecule has 1 aliphatic heterocycles. The summed E-state index contributed by atoms with van der Waals surface area (Å²) in [5, 5.41) is 0.611. The van der Waals surface area contributed by atoms with Crippen LogP contribution in [0, 0.1) is 13.8 Å². The summed E-state index contributed by atoms with van der Waals surface area (Å²) in [6.45, 7) is 3.95. The highest BCUT2D eigenvalue weighted by atomic mass is 35.5. The van der Waals surface area contributed by atoms with Crippen molar-refractivity contribution in [2.45, 2.75) is 18.7 Å². The van der Waals surface area contributed by atoms with E-state index in [2.05, 4.69) is 0 Å². The minimum absolute atomic E-state index is 0.346. The van der Waals surface area contributed by atoms with Gasteiger partial charge in [0.1, 0.15) is 5.75 Å². The van der Waals surface area contributed by atoms with Crippen molar-refractivity contribution < 1.29 is 14.3 Å². The number of ether oxygens (including phenoxy) is 1. The fraction of sp³-hybridized carbons (Fsp3) is 0.120. The molecule has 0 unspecified atom stereocenters. The lowest BCUT2D eigenvalue weighted by Gasteiger charge is -2.16. The van der Waals surface area contributed by atoms with Crippen LogP contribution in [0.15, 0.2) is 76.5 Å². The van der Waals surface area contributed by atoms with Gasteiger partial charge in [-0.2, -0.15) is 0 Å². The molecule has 0 saturated carbocycles. The molecule has 6 heteroatoms. The number of hydrogen-bond acceptors (Lipinski definition) is 4. The molecule has 4 nitrogen and oxygen atoms in total. The molecule has 0 aromatic heterocycles. The van der Waals surface area contributed by atoms with E-state index in [0.29, 0.717) is 26.9 Å². The molecule has 156 valence electrons. The molecule has 1 heterocycles. The van der Waals surface area contributed by atoms with Gasteiger partial charge in [0.15, 0.2) is 0 Å². The second kappa shape index (κ2) is 8.61. The Morgan fingerprint density at radius 3 is 2.32 bits per heavy atom. The summed E-state index contributed by atoms with van der Waals surface area (Å²) >= 11 is 7.28. The molecule has 0 fully saturated rings. The summed E-state index contributed by atoms with van der Waals surface area (Å²) in [5.41, 5.74) is 3.67. The van der Waals surface area contributed by atoms with Crippen LogP contribution in [0.1, 0.15) is 16.7 Å². The molecule has 0 spiro atoms. The zero-order chi connectivity index (χ0) is 22.1. The van der Waals surface area contributed by atoms with E-state index in [-0.39, 0.29) is 11.8 Å². The lowest BCUT2D eigenvalue weighted by Crippen LogP contribution is -2.31. The number of carbonyl (C=O) groups excluding carboxylic acids is 2. The lowest BCUT2D eigenvalue weighted by atomic mass is 9.99. The van der Waals surface area contributed by atoms with Gasteiger partial charge in [0, 0.05) is 16.0 Å². The second-order valence-corrected chi connectivity index (χ2v) is 8.75. The molecule has 31 heavy (non-hydrogen) atoms. The summed E-state index contributed by atoms with van der Waals surface area (Å²) < 4.78 is 5.28. The molecule has 2 amide bonds. The number of amides is 2. The number of hydrogen-bond donors (Lipinski definition) is 0. The van der Waals surface area contributed by atoms with Crippen molar-refractivity contribution in [3.63, 3.8) is 0 Å². The summed E-state index contributed by atoms with van der Waals surface area (Å²) in [6, 6.07) is 20.0. The molecule has 3 aromatic rings. The molecule has 0 atom stereocenters. The van der Waals surface area contributed by atoms with Crippen LogP contribution >= 0.6 is 23.4 Å². The summed E-state index contributed by atoms with van der Waals surface area (Å²) in [7, 11) is 1.55. The maximum Gasteiger partial charge on any atom is 0.272 e. The highest BCUT2D eigenvalue weighted by Crippen LogP contribution is 2.42. The van der Waals surface area contributed by atoms with Gasteiger partial charge in [-0.3, -0.25) is 9.59 Å². The first-order valence-corrected chi connectivity index (χ1v) is 10.9. The third-order valence-corrected chi connectivity index (χ3v) is 6.38. The Hall–Kier alpha value is -3.02. The van der Waals surface area contributed by atoms with E-state index in [1.165, 1.54) is 16.7 Å². The molecule has 0 N–H and O–H groups in total. The van der Waals surface area contributed by atoms with Crippen molar-refractivity contribution in [1.82, 2.24) is 0 Å². The van der Waals surface area contributed by atoms with Crippen LogP contribution in [0.2, 0.25) is 5.02 Å². The molecule has 0 radical (unpaired) electrons. The fourth-order valence-electron chi connectivity index (χ4n) is 3.54.